The zero-order chi connectivity index (χ0) is 23.8. The summed E-state index contributed by atoms with van der Waals surface area (Å²) in [7, 11) is -7.65. The summed E-state index contributed by atoms with van der Waals surface area (Å²) in [6, 6.07) is 5.87. The maximum absolute atomic E-state index is 15.7. The van der Waals surface area contributed by atoms with Gasteiger partial charge in [-0.05, 0) is 68.0 Å². The standard InChI is InChI=1S/C22H21F2NO6S2/c23-14-3-5-15(6-4-14)33(30,31)25-17-8-7-16(21(26)27)19(24)18(17)22(20(25)13-1-2-13)9-11-32(28,29)12-10-22/h3-8,13,20H,1-2,9-12H2,(H,26,27). The van der Waals surface area contributed by atoms with Crippen molar-refractivity contribution in [3.8, 4) is 0 Å². The number of carboxylic acids is 1. The highest BCUT2D eigenvalue weighted by molar-refractivity contribution is 7.93. The number of rotatable bonds is 4. The van der Waals surface area contributed by atoms with Crippen molar-refractivity contribution in [2.75, 3.05) is 15.8 Å². The minimum absolute atomic E-state index is 0.00106. The molecule has 0 amide bonds. The number of fused-ring (bicyclic) bond motifs is 2. The van der Waals surface area contributed by atoms with E-state index < -0.39 is 54.5 Å². The molecule has 1 N–H and O–H groups in total. The van der Waals surface area contributed by atoms with Gasteiger partial charge in [0.05, 0.1) is 33.7 Å². The van der Waals surface area contributed by atoms with Gasteiger partial charge < -0.3 is 5.11 Å². The SMILES string of the molecule is O=C(O)c1ccc2c(c1F)C1(CCS(=O)(=O)CC1)C(C1CC1)N2S(=O)(=O)c1ccc(F)cc1. The van der Waals surface area contributed by atoms with E-state index in [4.69, 9.17) is 0 Å². The summed E-state index contributed by atoms with van der Waals surface area (Å²) in [5.74, 6) is -3.73. The van der Waals surface area contributed by atoms with E-state index in [2.05, 4.69) is 0 Å². The molecule has 1 unspecified atom stereocenters. The predicted octanol–water partition coefficient (Wildman–Crippen LogP) is 3.10. The third-order valence-corrected chi connectivity index (χ3v) is 10.5. The lowest BCUT2D eigenvalue weighted by Gasteiger charge is -2.41. The van der Waals surface area contributed by atoms with Crippen LogP contribution in [0.5, 0.6) is 0 Å². The van der Waals surface area contributed by atoms with Crippen LogP contribution in [0, 0.1) is 17.6 Å². The molecule has 3 aliphatic rings. The summed E-state index contributed by atoms with van der Waals surface area (Å²) in [6.45, 7) is 0. The molecular formula is C22H21F2NO6S2. The Bertz CT molecular complexity index is 1350. The van der Waals surface area contributed by atoms with E-state index in [0.717, 1.165) is 34.6 Å². The summed E-state index contributed by atoms with van der Waals surface area (Å²) in [4.78, 5) is 11.5. The maximum atomic E-state index is 15.7. The van der Waals surface area contributed by atoms with E-state index in [1.807, 2.05) is 0 Å². The number of hydrogen-bond donors (Lipinski definition) is 1. The Labute approximate surface area is 190 Å². The van der Waals surface area contributed by atoms with Gasteiger partial charge in [0, 0.05) is 11.0 Å². The van der Waals surface area contributed by atoms with E-state index in [-0.39, 0.29) is 46.4 Å². The lowest BCUT2D eigenvalue weighted by atomic mass is 9.70. The number of anilines is 1. The first-order valence-corrected chi connectivity index (χ1v) is 13.8. The van der Waals surface area contributed by atoms with Crippen molar-refractivity contribution in [3.05, 3.63) is 59.2 Å². The molecule has 1 aliphatic carbocycles. The molecule has 1 atom stereocenters. The topological polar surface area (TPSA) is 109 Å². The lowest BCUT2D eigenvalue weighted by molar-refractivity contribution is 0.0691. The van der Waals surface area contributed by atoms with Crippen LogP contribution in [0.25, 0.3) is 0 Å². The smallest absolute Gasteiger partial charge is 0.338 e. The Balaban J connectivity index is 1.77. The minimum Gasteiger partial charge on any atom is -0.478 e. The van der Waals surface area contributed by atoms with Gasteiger partial charge >= 0.3 is 5.97 Å². The van der Waals surface area contributed by atoms with Crippen LogP contribution in [0.1, 0.15) is 41.6 Å². The Morgan fingerprint density at radius 1 is 1.03 bits per heavy atom. The molecule has 5 rings (SSSR count). The molecular weight excluding hydrogens is 476 g/mol. The van der Waals surface area contributed by atoms with Crippen molar-refractivity contribution in [1.29, 1.82) is 0 Å². The molecule has 2 fully saturated rings. The van der Waals surface area contributed by atoms with E-state index in [9.17, 15) is 31.1 Å². The second-order valence-corrected chi connectivity index (χ2v) is 13.1. The summed E-state index contributed by atoms with van der Waals surface area (Å²) >= 11 is 0. The number of carbonyl (C=O) groups is 1. The van der Waals surface area contributed by atoms with Crippen molar-refractivity contribution in [2.45, 2.75) is 42.0 Å². The number of sulfonamides is 1. The largest absolute Gasteiger partial charge is 0.478 e. The number of benzene rings is 2. The molecule has 0 aromatic heterocycles. The fourth-order valence-corrected chi connectivity index (χ4v) is 8.76. The van der Waals surface area contributed by atoms with Gasteiger partial charge in [-0.2, -0.15) is 0 Å². The molecule has 2 aromatic carbocycles. The van der Waals surface area contributed by atoms with Crippen LogP contribution < -0.4 is 4.31 Å². The molecule has 176 valence electrons. The molecule has 0 bridgehead atoms. The second-order valence-electron chi connectivity index (χ2n) is 8.97. The quantitative estimate of drug-likeness (QED) is 0.695. The average molecular weight is 498 g/mol. The zero-order valence-corrected chi connectivity index (χ0v) is 19.0. The molecule has 2 aliphatic heterocycles. The fraction of sp³-hybridized carbons (Fsp3) is 0.409. The molecule has 33 heavy (non-hydrogen) atoms. The van der Waals surface area contributed by atoms with Crippen molar-refractivity contribution >= 4 is 31.5 Å². The molecule has 2 aromatic rings. The number of sulfone groups is 1. The van der Waals surface area contributed by atoms with Crippen LogP contribution >= 0.6 is 0 Å². The van der Waals surface area contributed by atoms with Gasteiger partial charge in [0.2, 0.25) is 0 Å². The molecule has 1 saturated carbocycles. The van der Waals surface area contributed by atoms with Crippen LogP contribution in [0.15, 0.2) is 41.3 Å². The molecule has 0 radical (unpaired) electrons. The van der Waals surface area contributed by atoms with Gasteiger partial charge in [-0.25, -0.2) is 30.4 Å². The Morgan fingerprint density at radius 3 is 2.18 bits per heavy atom. The molecule has 1 saturated heterocycles. The first-order valence-electron chi connectivity index (χ1n) is 10.5. The molecule has 11 heteroatoms. The van der Waals surface area contributed by atoms with Crippen molar-refractivity contribution < 1.29 is 35.5 Å². The summed E-state index contributed by atoms with van der Waals surface area (Å²) in [5.41, 5.74) is -1.76. The first-order chi connectivity index (χ1) is 15.5. The predicted molar refractivity (Wildman–Crippen MR) is 116 cm³/mol. The number of nitrogens with zero attached hydrogens (tertiary/aromatic N) is 1. The number of carboxylic acid groups (broad SMARTS) is 1. The normalized spacial score (nSPS) is 23.5. The number of halogens is 2. The van der Waals surface area contributed by atoms with Crippen LogP contribution in [-0.2, 0) is 25.3 Å². The van der Waals surface area contributed by atoms with Gasteiger partial charge in [-0.15, -0.1) is 0 Å². The average Bonchev–Trinajstić information content (AvgIpc) is 3.53. The summed E-state index contributed by atoms with van der Waals surface area (Å²) in [5, 5.41) is 9.48. The number of aromatic carboxylic acids is 1. The highest BCUT2D eigenvalue weighted by atomic mass is 32.2. The monoisotopic (exact) mass is 497 g/mol. The van der Waals surface area contributed by atoms with Crippen molar-refractivity contribution in [1.82, 2.24) is 0 Å². The zero-order valence-electron chi connectivity index (χ0n) is 17.4. The number of hydrogen-bond acceptors (Lipinski definition) is 5. The van der Waals surface area contributed by atoms with E-state index in [1.54, 1.807) is 0 Å². The third-order valence-electron chi connectivity index (χ3n) is 7.06. The van der Waals surface area contributed by atoms with Crippen LogP contribution in [-0.4, -0.2) is 45.5 Å². The minimum atomic E-state index is -4.27. The van der Waals surface area contributed by atoms with Gasteiger partial charge in [0.1, 0.15) is 21.5 Å². The van der Waals surface area contributed by atoms with Gasteiger partial charge in [-0.3, -0.25) is 4.31 Å². The van der Waals surface area contributed by atoms with Crippen LogP contribution in [0.2, 0.25) is 0 Å². The lowest BCUT2D eigenvalue weighted by Crippen LogP contribution is -2.52. The van der Waals surface area contributed by atoms with E-state index >= 15 is 4.39 Å². The highest BCUT2D eigenvalue weighted by Gasteiger charge is 2.62. The third kappa shape index (κ3) is 3.35. The van der Waals surface area contributed by atoms with Gasteiger partial charge in [-0.1, -0.05) is 0 Å². The molecule has 1 spiro atoms. The highest BCUT2D eigenvalue weighted by Crippen LogP contribution is 2.60. The molecule has 7 nitrogen and oxygen atoms in total. The van der Waals surface area contributed by atoms with Crippen molar-refractivity contribution in [3.63, 3.8) is 0 Å². The first kappa shape index (κ1) is 22.3. The second kappa shape index (κ2) is 7.23. The Morgan fingerprint density at radius 2 is 1.64 bits per heavy atom. The van der Waals surface area contributed by atoms with Gasteiger partial charge in [0.25, 0.3) is 10.0 Å². The fourth-order valence-electron chi connectivity index (χ4n) is 5.41. The Kier molecular flexibility index (Phi) is 4.88. The Hall–Kier alpha value is -2.53. The van der Waals surface area contributed by atoms with Crippen LogP contribution in [0.4, 0.5) is 14.5 Å². The van der Waals surface area contributed by atoms with E-state index in [1.165, 1.54) is 6.07 Å². The summed E-state index contributed by atoms with van der Waals surface area (Å²) in [6.07, 6.45) is 1.38. The maximum Gasteiger partial charge on any atom is 0.338 e. The van der Waals surface area contributed by atoms with E-state index in [0.29, 0.717) is 12.8 Å². The van der Waals surface area contributed by atoms with Gasteiger partial charge in [0.15, 0.2) is 0 Å². The van der Waals surface area contributed by atoms with Crippen LogP contribution in [0.3, 0.4) is 0 Å². The summed E-state index contributed by atoms with van der Waals surface area (Å²) < 4.78 is 82.3. The molecule has 2 heterocycles. The van der Waals surface area contributed by atoms with Crippen molar-refractivity contribution in [2.24, 2.45) is 5.92 Å².